The molecule has 1 unspecified atom stereocenters. The predicted octanol–water partition coefficient (Wildman–Crippen LogP) is 14.6. The summed E-state index contributed by atoms with van der Waals surface area (Å²) in [5.41, 5.74) is 0. The van der Waals surface area contributed by atoms with E-state index in [0.717, 1.165) is 11.8 Å². The molecule has 1 atom stereocenters. The molecular formula is C33H82. The molecule has 0 aliphatic carbocycles. The third-order valence-corrected chi connectivity index (χ3v) is 4.27. The van der Waals surface area contributed by atoms with Gasteiger partial charge in [-0.1, -0.05) is 208 Å². The summed E-state index contributed by atoms with van der Waals surface area (Å²) < 4.78 is 0. The van der Waals surface area contributed by atoms with E-state index in [1.165, 1.54) is 83.5 Å². The van der Waals surface area contributed by atoms with Crippen LogP contribution in [0.15, 0.2) is 0 Å². The highest BCUT2D eigenvalue weighted by Gasteiger charge is 1.95. The minimum atomic E-state index is 0.884. The van der Waals surface area contributed by atoms with Gasteiger partial charge in [0.2, 0.25) is 0 Å². The smallest absolute Gasteiger partial charge is 0.0445 e. The monoisotopic (exact) mass is 479 g/mol. The maximum Gasteiger partial charge on any atom is -0.0445 e. The van der Waals surface area contributed by atoms with E-state index in [0.29, 0.717) is 0 Å². The summed E-state index contributed by atoms with van der Waals surface area (Å²) in [5, 5.41) is 0. The molecule has 0 saturated carbocycles. The lowest BCUT2D eigenvalue weighted by Crippen LogP contribution is -1.90. The molecule has 0 nitrogen and oxygen atoms in total. The molecular weight excluding hydrogens is 396 g/mol. The zero-order valence-corrected chi connectivity index (χ0v) is 28.3. The van der Waals surface area contributed by atoms with Crippen LogP contribution in [-0.4, -0.2) is 0 Å². The Labute approximate surface area is 219 Å². The zero-order valence-electron chi connectivity index (χ0n) is 28.3. The fourth-order valence-corrected chi connectivity index (χ4v) is 1.45. The van der Waals surface area contributed by atoms with Gasteiger partial charge in [0.05, 0.1) is 0 Å². The summed E-state index contributed by atoms with van der Waals surface area (Å²) >= 11 is 0. The standard InChI is InChI=1S/C9H20.C6H14.C5H12.C4H10.C3H8.3C2H6/c1-4-6-7-8-9(3)5-2;1-3-5-6-4-2;1-4-5(2)3;1-3-4-2;1-3-2;3*1-2/h9H,4-8H2,1-3H3;3-6H2,1-2H3;5H,4H2,1-3H3;3-4H2,1-2H3;3H2,1-2H3;3*1-2H3. The summed E-state index contributed by atoms with van der Waals surface area (Å²) in [6, 6.07) is 0. The number of hydrogen-bond donors (Lipinski definition) is 0. The first kappa shape index (κ1) is 54.1. The van der Waals surface area contributed by atoms with Crippen molar-refractivity contribution in [3.8, 4) is 0 Å². The Morgan fingerprint density at radius 3 is 0.788 bits per heavy atom. The minimum absolute atomic E-state index is 0.884. The van der Waals surface area contributed by atoms with E-state index in [2.05, 4.69) is 83.1 Å². The van der Waals surface area contributed by atoms with Crippen LogP contribution in [0, 0.1) is 11.8 Å². The Kier molecular flexibility index (Phi) is 140. The molecule has 0 aromatic rings. The Balaban J connectivity index is -0.0000000387. The summed E-state index contributed by atoms with van der Waals surface area (Å²) in [7, 11) is 0. The van der Waals surface area contributed by atoms with Crippen LogP contribution in [0.5, 0.6) is 0 Å². The molecule has 33 heavy (non-hydrogen) atoms. The van der Waals surface area contributed by atoms with E-state index >= 15 is 0 Å². The molecule has 0 heteroatoms. The maximum absolute atomic E-state index is 2.34. The second-order valence-corrected chi connectivity index (χ2v) is 8.23. The largest absolute Gasteiger partial charge is 0.0683 e. The van der Waals surface area contributed by atoms with Crippen LogP contribution < -0.4 is 0 Å². The lowest BCUT2D eigenvalue weighted by Gasteiger charge is -2.05. The van der Waals surface area contributed by atoms with Crippen molar-refractivity contribution in [2.24, 2.45) is 11.8 Å². The molecule has 0 aliphatic rings. The quantitative estimate of drug-likeness (QED) is 0.274. The van der Waals surface area contributed by atoms with Crippen molar-refractivity contribution in [1.82, 2.24) is 0 Å². The van der Waals surface area contributed by atoms with Crippen LogP contribution in [0.1, 0.15) is 208 Å². The first-order chi connectivity index (χ1) is 15.8. The average Bonchev–Trinajstić information content (AvgIpc) is 2.87. The van der Waals surface area contributed by atoms with Crippen LogP contribution in [0.2, 0.25) is 0 Å². The van der Waals surface area contributed by atoms with E-state index in [1.807, 2.05) is 41.5 Å². The molecule has 0 N–H and O–H groups in total. The Morgan fingerprint density at radius 1 is 0.394 bits per heavy atom. The van der Waals surface area contributed by atoms with Crippen LogP contribution in [0.3, 0.4) is 0 Å². The van der Waals surface area contributed by atoms with Crippen molar-refractivity contribution in [1.29, 1.82) is 0 Å². The van der Waals surface area contributed by atoms with Gasteiger partial charge in [-0.25, -0.2) is 0 Å². The van der Waals surface area contributed by atoms with Crippen molar-refractivity contribution in [3.63, 3.8) is 0 Å². The van der Waals surface area contributed by atoms with E-state index in [1.54, 1.807) is 0 Å². The molecule has 0 fully saturated rings. The lowest BCUT2D eigenvalue weighted by atomic mass is 10.0. The van der Waals surface area contributed by atoms with E-state index in [9.17, 15) is 0 Å². The Bertz CT molecular complexity index is 153. The highest BCUT2D eigenvalue weighted by molar-refractivity contribution is 4.49. The molecule has 0 saturated heterocycles. The third kappa shape index (κ3) is 170. The maximum atomic E-state index is 2.34. The lowest BCUT2D eigenvalue weighted by molar-refractivity contribution is 0.482. The number of unbranched alkanes of at least 4 members (excludes halogenated alkanes) is 6. The molecule has 0 bridgehead atoms. The fraction of sp³-hybridized carbons (Fsp3) is 1.00. The van der Waals surface area contributed by atoms with Crippen molar-refractivity contribution in [2.75, 3.05) is 0 Å². The second kappa shape index (κ2) is 85.2. The third-order valence-electron chi connectivity index (χ3n) is 4.27. The average molecular weight is 479 g/mol. The van der Waals surface area contributed by atoms with E-state index in [-0.39, 0.29) is 0 Å². The van der Waals surface area contributed by atoms with Gasteiger partial charge in [0.1, 0.15) is 0 Å². The summed E-state index contributed by atoms with van der Waals surface area (Å²) in [4.78, 5) is 0. The first-order valence-corrected chi connectivity index (χ1v) is 15.8. The first-order valence-electron chi connectivity index (χ1n) is 15.8. The van der Waals surface area contributed by atoms with Crippen LogP contribution in [-0.2, 0) is 0 Å². The highest BCUT2D eigenvalue weighted by Crippen LogP contribution is 2.11. The van der Waals surface area contributed by atoms with Gasteiger partial charge in [0, 0.05) is 0 Å². The molecule has 0 amide bonds. The Hall–Kier alpha value is 0. The molecule has 0 heterocycles. The van der Waals surface area contributed by atoms with Gasteiger partial charge in [-0.15, -0.1) is 0 Å². The van der Waals surface area contributed by atoms with Crippen LogP contribution in [0.4, 0.5) is 0 Å². The molecule has 214 valence electrons. The van der Waals surface area contributed by atoms with E-state index < -0.39 is 0 Å². The molecule has 0 rings (SSSR count). The minimum Gasteiger partial charge on any atom is -0.0683 e. The molecule has 0 aliphatic heterocycles. The summed E-state index contributed by atoms with van der Waals surface area (Å²) in [6.07, 6.45) is 17.7. The SMILES string of the molecule is CC.CC.CC.CCC.CCC(C)C.CCCC.CCCCCC.CCCCCC(C)CC. The normalized spacial score (nSPS) is 8.82. The second-order valence-electron chi connectivity index (χ2n) is 8.23. The summed E-state index contributed by atoms with van der Waals surface area (Å²) in [6.45, 7) is 38.6. The molecule has 0 aromatic heterocycles. The van der Waals surface area contributed by atoms with Gasteiger partial charge in [-0.3, -0.25) is 0 Å². The van der Waals surface area contributed by atoms with Crippen molar-refractivity contribution >= 4 is 0 Å². The van der Waals surface area contributed by atoms with Crippen molar-refractivity contribution in [3.05, 3.63) is 0 Å². The van der Waals surface area contributed by atoms with Gasteiger partial charge in [-0.2, -0.15) is 0 Å². The fourth-order valence-electron chi connectivity index (χ4n) is 1.45. The summed E-state index contributed by atoms with van der Waals surface area (Å²) in [5.74, 6) is 1.84. The van der Waals surface area contributed by atoms with E-state index in [4.69, 9.17) is 0 Å². The van der Waals surface area contributed by atoms with Crippen LogP contribution >= 0.6 is 0 Å². The molecule has 0 radical (unpaired) electrons. The van der Waals surface area contributed by atoms with Crippen LogP contribution in [0.25, 0.3) is 0 Å². The van der Waals surface area contributed by atoms with Gasteiger partial charge >= 0.3 is 0 Å². The van der Waals surface area contributed by atoms with Gasteiger partial charge in [0.25, 0.3) is 0 Å². The molecule has 0 spiro atoms. The number of hydrogen-bond acceptors (Lipinski definition) is 0. The van der Waals surface area contributed by atoms with Crippen molar-refractivity contribution in [2.45, 2.75) is 208 Å². The highest BCUT2D eigenvalue weighted by atomic mass is 14.0. The zero-order chi connectivity index (χ0) is 28.3. The van der Waals surface area contributed by atoms with Gasteiger partial charge < -0.3 is 0 Å². The van der Waals surface area contributed by atoms with Crippen molar-refractivity contribution < 1.29 is 0 Å². The van der Waals surface area contributed by atoms with Gasteiger partial charge in [-0.05, 0) is 11.8 Å². The Morgan fingerprint density at radius 2 is 0.636 bits per heavy atom. The molecule has 0 aromatic carbocycles. The van der Waals surface area contributed by atoms with Gasteiger partial charge in [0.15, 0.2) is 0 Å². The number of rotatable bonds is 10. The predicted molar refractivity (Wildman–Crippen MR) is 169 cm³/mol. The topological polar surface area (TPSA) is 0 Å².